The summed E-state index contributed by atoms with van der Waals surface area (Å²) in [7, 11) is 3.95. The van der Waals surface area contributed by atoms with Crippen molar-refractivity contribution in [1.82, 2.24) is 14.5 Å². The third-order valence-corrected chi connectivity index (χ3v) is 5.24. The highest BCUT2D eigenvalue weighted by Crippen LogP contribution is 2.24. The second-order valence-corrected chi connectivity index (χ2v) is 8.09. The number of ether oxygens (including phenoxy) is 1. The molecule has 1 heterocycles. The molecule has 1 aromatic heterocycles. The summed E-state index contributed by atoms with van der Waals surface area (Å²) < 4.78 is 34.1. The van der Waals surface area contributed by atoms with Gasteiger partial charge in [-0.3, -0.25) is 9.36 Å². The van der Waals surface area contributed by atoms with Crippen molar-refractivity contribution in [3.05, 3.63) is 85.4 Å². The van der Waals surface area contributed by atoms with Crippen LogP contribution in [-0.2, 0) is 13.2 Å². The number of rotatable bonds is 6. The van der Waals surface area contributed by atoms with E-state index in [0.29, 0.717) is 5.82 Å². The lowest BCUT2D eigenvalue weighted by atomic mass is 10.1. The van der Waals surface area contributed by atoms with Gasteiger partial charge in [0.15, 0.2) is 0 Å². The summed E-state index contributed by atoms with van der Waals surface area (Å²) in [6.45, 7) is 4.19. The largest absolute Gasteiger partial charge is 0.472 e. The Kier molecular flexibility index (Phi) is 6.67. The molecule has 0 radical (unpaired) electrons. The smallest absolute Gasteiger partial charge is 0.276 e. The van der Waals surface area contributed by atoms with Gasteiger partial charge in [-0.15, -0.1) is 0 Å². The first-order chi connectivity index (χ1) is 14.2. The van der Waals surface area contributed by atoms with Crippen molar-refractivity contribution >= 4 is 15.9 Å². The first-order valence-electron chi connectivity index (χ1n) is 9.28. The van der Waals surface area contributed by atoms with E-state index in [1.54, 1.807) is 6.92 Å². The van der Waals surface area contributed by atoms with Crippen molar-refractivity contribution in [3.63, 3.8) is 0 Å². The molecule has 0 fully saturated rings. The molecule has 158 valence electrons. The molecular formula is C22H22BrF2N3O2. The minimum absolute atomic E-state index is 0.0552. The number of benzene rings is 2. The van der Waals surface area contributed by atoms with Gasteiger partial charge in [-0.2, -0.15) is 4.98 Å². The van der Waals surface area contributed by atoms with E-state index in [0.717, 1.165) is 35.5 Å². The van der Waals surface area contributed by atoms with E-state index < -0.39 is 11.6 Å². The zero-order valence-corrected chi connectivity index (χ0v) is 18.8. The predicted molar refractivity (Wildman–Crippen MR) is 115 cm³/mol. The lowest BCUT2D eigenvalue weighted by Crippen LogP contribution is -2.25. The van der Waals surface area contributed by atoms with Crippen LogP contribution in [0.25, 0.3) is 5.69 Å². The Labute approximate surface area is 182 Å². The van der Waals surface area contributed by atoms with Crippen LogP contribution in [0.3, 0.4) is 0 Å². The number of nitrogens with zero attached hydrogens (tertiary/aromatic N) is 3. The fourth-order valence-corrected chi connectivity index (χ4v) is 3.49. The lowest BCUT2D eigenvalue weighted by Gasteiger charge is -2.17. The average molecular weight is 478 g/mol. The zero-order chi connectivity index (χ0) is 22.0. The summed E-state index contributed by atoms with van der Waals surface area (Å²) in [5.74, 6) is -0.896. The highest BCUT2D eigenvalue weighted by atomic mass is 79.9. The van der Waals surface area contributed by atoms with Gasteiger partial charge in [0.25, 0.3) is 5.56 Å². The molecule has 0 saturated heterocycles. The van der Waals surface area contributed by atoms with E-state index in [1.165, 1.54) is 10.6 Å². The number of hydrogen-bond acceptors (Lipinski definition) is 4. The quantitative estimate of drug-likeness (QED) is 0.523. The standard InChI is InChI=1S/C22H22BrF2N3O2/c1-13-5-6-15(11-27(3)4)9-19(13)28-14(2)26-21(20(23)22(28)29)30-12-16-7-8-17(24)10-18(16)25/h5-10H,11-12H2,1-4H3. The number of halogens is 3. The molecule has 3 rings (SSSR count). The van der Waals surface area contributed by atoms with Crippen LogP contribution in [0.2, 0.25) is 0 Å². The average Bonchev–Trinajstić information content (AvgIpc) is 2.66. The third-order valence-electron chi connectivity index (χ3n) is 4.56. The summed E-state index contributed by atoms with van der Waals surface area (Å²) in [6, 6.07) is 9.19. The second-order valence-electron chi connectivity index (χ2n) is 7.30. The lowest BCUT2D eigenvalue weighted by molar-refractivity contribution is 0.283. The van der Waals surface area contributed by atoms with E-state index >= 15 is 0 Å². The molecule has 0 atom stereocenters. The fourth-order valence-electron chi connectivity index (χ4n) is 3.11. The van der Waals surface area contributed by atoms with Crippen LogP contribution in [-0.4, -0.2) is 28.5 Å². The molecule has 30 heavy (non-hydrogen) atoms. The minimum atomic E-state index is -0.718. The molecule has 0 aliphatic rings. The molecule has 0 saturated carbocycles. The molecule has 0 N–H and O–H groups in total. The van der Waals surface area contributed by atoms with Gasteiger partial charge in [0, 0.05) is 18.2 Å². The van der Waals surface area contributed by atoms with Gasteiger partial charge in [0.1, 0.15) is 28.5 Å². The number of aryl methyl sites for hydroxylation is 2. The van der Waals surface area contributed by atoms with Crippen LogP contribution < -0.4 is 10.3 Å². The molecule has 0 bridgehead atoms. The summed E-state index contributed by atoms with van der Waals surface area (Å²) in [6.07, 6.45) is 0. The first-order valence-corrected chi connectivity index (χ1v) is 10.1. The Morgan fingerprint density at radius 3 is 2.53 bits per heavy atom. The maximum absolute atomic E-state index is 13.8. The second kappa shape index (κ2) is 9.06. The van der Waals surface area contributed by atoms with Crippen LogP contribution in [0.4, 0.5) is 8.78 Å². The van der Waals surface area contributed by atoms with Crippen molar-refractivity contribution in [2.75, 3.05) is 14.1 Å². The normalized spacial score (nSPS) is 11.2. The van der Waals surface area contributed by atoms with Crippen molar-refractivity contribution < 1.29 is 13.5 Å². The highest BCUT2D eigenvalue weighted by molar-refractivity contribution is 9.10. The van der Waals surface area contributed by atoms with E-state index in [4.69, 9.17) is 4.74 Å². The van der Waals surface area contributed by atoms with Crippen LogP contribution >= 0.6 is 15.9 Å². The molecule has 0 amide bonds. The van der Waals surface area contributed by atoms with E-state index in [1.807, 2.05) is 44.1 Å². The van der Waals surface area contributed by atoms with Crippen molar-refractivity contribution in [2.45, 2.75) is 27.0 Å². The Morgan fingerprint density at radius 2 is 1.87 bits per heavy atom. The molecule has 0 spiro atoms. The molecule has 3 aromatic rings. The predicted octanol–water partition coefficient (Wildman–Crippen LogP) is 4.53. The fraction of sp³-hybridized carbons (Fsp3) is 0.273. The molecule has 5 nitrogen and oxygen atoms in total. The molecule has 0 unspecified atom stereocenters. The molecule has 2 aromatic carbocycles. The summed E-state index contributed by atoms with van der Waals surface area (Å²) in [4.78, 5) is 19.5. The van der Waals surface area contributed by atoms with Crippen LogP contribution in [0, 0.1) is 25.5 Å². The highest BCUT2D eigenvalue weighted by Gasteiger charge is 2.17. The minimum Gasteiger partial charge on any atom is -0.472 e. The van der Waals surface area contributed by atoms with Crippen LogP contribution in [0.15, 0.2) is 45.7 Å². The first kappa shape index (κ1) is 22.1. The summed E-state index contributed by atoms with van der Waals surface area (Å²) in [5.41, 5.74) is 2.57. The van der Waals surface area contributed by atoms with Gasteiger partial charge in [-0.05, 0) is 73.2 Å². The Bertz CT molecular complexity index is 1150. The van der Waals surface area contributed by atoms with Crippen molar-refractivity contribution in [2.24, 2.45) is 0 Å². The molecular weight excluding hydrogens is 456 g/mol. The van der Waals surface area contributed by atoms with E-state index in [2.05, 4.69) is 20.9 Å². The van der Waals surface area contributed by atoms with Gasteiger partial charge in [0.05, 0.1) is 5.69 Å². The summed E-state index contributed by atoms with van der Waals surface area (Å²) >= 11 is 3.27. The molecule has 0 aliphatic carbocycles. The molecule has 0 aliphatic heterocycles. The van der Waals surface area contributed by atoms with Gasteiger partial charge in [-0.25, -0.2) is 8.78 Å². The van der Waals surface area contributed by atoms with Gasteiger partial charge in [-0.1, -0.05) is 12.1 Å². The van der Waals surface area contributed by atoms with Crippen LogP contribution in [0.5, 0.6) is 5.88 Å². The Hall–Kier alpha value is -2.58. The number of hydrogen-bond donors (Lipinski definition) is 0. The van der Waals surface area contributed by atoms with Crippen molar-refractivity contribution in [3.8, 4) is 11.6 Å². The van der Waals surface area contributed by atoms with Gasteiger partial charge in [0.2, 0.25) is 5.88 Å². The topological polar surface area (TPSA) is 47.4 Å². The maximum atomic E-state index is 13.8. The Morgan fingerprint density at radius 1 is 1.13 bits per heavy atom. The molecule has 8 heteroatoms. The van der Waals surface area contributed by atoms with E-state index in [-0.39, 0.29) is 28.1 Å². The van der Waals surface area contributed by atoms with Crippen molar-refractivity contribution in [1.29, 1.82) is 0 Å². The van der Waals surface area contributed by atoms with Gasteiger partial charge < -0.3 is 9.64 Å². The zero-order valence-electron chi connectivity index (χ0n) is 17.2. The van der Waals surface area contributed by atoms with Gasteiger partial charge >= 0.3 is 0 Å². The monoisotopic (exact) mass is 477 g/mol. The van der Waals surface area contributed by atoms with Crippen LogP contribution in [0.1, 0.15) is 22.5 Å². The third kappa shape index (κ3) is 4.76. The SMILES string of the molecule is Cc1ccc(CN(C)C)cc1-n1c(C)nc(OCc2ccc(F)cc2F)c(Br)c1=O. The maximum Gasteiger partial charge on any atom is 0.276 e. The summed E-state index contributed by atoms with van der Waals surface area (Å²) in [5, 5.41) is 0. The Balaban J connectivity index is 1.96. The number of aromatic nitrogens is 2. The van der Waals surface area contributed by atoms with E-state index in [9.17, 15) is 13.6 Å².